The lowest BCUT2D eigenvalue weighted by Gasteiger charge is -2.07. The summed E-state index contributed by atoms with van der Waals surface area (Å²) in [6, 6.07) is 3.15. The molecule has 0 aromatic carbocycles. The molecule has 0 aliphatic rings. The standard InChI is InChI=1S/C13H14N4O4/c1-3-21-12(18)8-5-4-6-15-11(8)17-7-9(14)10(16-17)13(19)20-2/h4-7H,3,14H2,1-2H3. The second-order valence-corrected chi connectivity index (χ2v) is 3.96. The Labute approximate surface area is 120 Å². The largest absolute Gasteiger partial charge is 0.464 e. The smallest absolute Gasteiger partial charge is 0.360 e. The maximum absolute atomic E-state index is 11.9. The lowest BCUT2D eigenvalue weighted by molar-refractivity contribution is 0.0525. The summed E-state index contributed by atoms with van der Waals surface area (Å²) in [4.78, 5) is 27.5. The summed E-state index contributed by atoms with van der Waals surface area (Å²) in [5.41, 5.74) is 6.02. The topological polar surface area (TPSA) is 109 Å². The summed E-state index contributed by atoms with van der Waals surface area (Å²) in [6.45, 7) is 1.94. The van der Waals surface area contributed by atoms with Crippen LogP contribution in [0.25, 0.3) is 5.82 Å². The van der Waals surface area contributed by atoms with Gasteiger partial charge in [-0.25, -0.2) is 19.3 Å². The maximum atomic E-state index is 11.9. The minimum absolute atomic E-state index is 0.0436. The van der Waals surface area contributed by atoms with Crippen molar-refractivity contribution in [3.8, 4) is 5.82 Å². The Kier molecular flexibility index (Phi) is 4.17. The highest BCUT2D eigenvalue weighted by Gasteiger charge is 2.20. The average molecular weight is 290 g/mol. The zero-order valence-electron chi connectivity index (χ0n) is 11.6. The number of esters is 2. The van der Waals surface area contributed by atoms with E-state index in [9.17, 15) is 9.59 Å². The van der Waals surface area contributed by atoms with E-state index < -0.39 is 11.9 Å². The molecular weight excluding hydrogens is 276 g/mol. The minimum Gasteiger partial charge on any atom is -0.464 e. The molecule has 8 nitrogen and oxygen atoms in total. The van der Waals surface area contributed by atoms with Gasteiger partial charge in [0.25, 0.3) is 0 Å². The Balaban J connectivity index is 2.48. The molecule has 0 atom stereocenters. The molecule has 0 saturated carbocycles. The number of nitrogens with zero attached hydrogens (tertiary/aromatic N) is 3. The monoisotopic (exact) mass is 290 g/mol. The number of pyridine rings is 1. The average Bonchev–Trinajstić information content (AvgIpc) is 2.88. The first-order valence-electron chi connectivity index (χ1n) is 6.14. The number of aromatic nitrogens is 3. The van der Waals surface area contributed by atoms with E-state index >= 15 is 0 Å². The second kappa shape index (κ2) is 6.04. The number of hydrogen-bond acceptors (Lipinski definition) is 7. The molecule has 2 rings (SSSR count). The molecule has 0 amide bonds. The van der Waals surface area contributed by atoms with Crippen LogP contribution in [0.5, 0.6) is 0 Å². The molecule has 0 radical (unpaired) electrons. The predicted molar refractivity (Wildman–Crippen MR) is 73.1 cm³/mol. The van der Waals surface area contributed by atoms with E-state index in [2.05, 4.69) is 14.8 Å². The molecule has 2 heterocycles. The van der Waals surface area contributed by atoms with Gasteiger partial charge in [0.2, 0.25) is 0 Å². The van der Waals surface area contributed by atoms with Crippen LogP contribution in [0, 0.1) is 0 Å². The van der Waals surface area contributed by atoms with E-state index in [4.69, 9.17) is 10.5 Å². The van der Waals surface area contributed by atoms with E-state index in [0.29, 0.717) is 0 Å². The highest BCUT2D eigenvalue weighted by molar-refractivity contribution is 5.94. The van der Waals surface area contributed by atoms with Gasteiger partial charge >= 0.3 is 11.9 Å². The van der Waals surface area contributed by atoms with Crippen molar-refractivity contribution in [2.45, 2.75) is 6.92 Å². The van der Waals surface area contributed by atoms with Gasteiger partial charge in [0.05, 0.1) is 25.6 Å². The van der Waals surface area contributed by atoms with Crippen molar-refractivity contribution in [2.24, 2.45) is 0 Å². The Morgan fingerprint density at radius 1 is 1.38 bits per heavy atom. The molecule has 21 heavy (non-hydrogen) atoms. The van der Waals surface area contributed by atoms with Crippen LogP contribution in [0.4, 0.5) is 5.69 Å². The molecule has 0 saturated heterocycles. The van der Waals surface area contributed by atoms with Crippen molar-refractivity contribution in [3.63, 3.8) is 0 Å². The summed E-state index contributed by atoms with van der Waals surface area (Å²) in [7, 11) is 1.23. The van der Waals surface area contributed by atoms with Crippen LogP contribution < -0.4 is 5.73 Å². The van der Waals surface area contributed by atoms with Crippen molar-refractivity contribution in [2.75, 3.05) is 19.5 Å². The number of rotatable bonds is 4. The van der Waals surface area contributed by atoms with Crippen LogP contribution in [0.2, 0.25) is 0 Å². The van der Waals surface area contributed by atoms with Gasteiger partial charge in [0.1, 0.15) is 5.56 Å². The fourth-order valence-electron chi connectivity index (χ4n) is 1.70. The van der Waals surface area contributed by atoms with Gasteiger partial charge in [-0.1, -0.05) is 0 Å². The summed E-state index contributed by atoms with van der Waals surface area (Å²) >= 11 is 0. The van der Waals surface area contributed by atoms with Gasteiger partial charge in [-0.05, 0) is 19.1 Å². The molecule has 0 spiro atoms. The number of anilines is 1. The quantitative estimate of drug-likeness (QED) is 0.830. The van der Waals surface area contributed by atoms with Crippen LogP contribution in [0.15, 0.2) is 24.5 Å². The van der Waals surface area contributed by atoms with Crippen molar-refractivity contribution in [3.05, 3.63) is 35.8 Å². The lowest BCUT2D eigenvalue weighted by Crippen LogP contribution is -2.12. The third-order valence-electron chi connectivity index (χ3n) is 2.62. The second-order valence-electron chi connectivity index (χ2n) is 3.96. The van der Waals surface area contributed by atoms with E-state index in [-0.39, 0.29) is 29.4 Å². The predicted octanol–water partition coefficient (Wildman–Crippen LogP) is 0.813. The van der Waals surface area contributed by atoms with Crippen LogP contribution in [-0.4, -0.2) is 40.4 Å². The first-order chi connectivity index (χ1) is 10.1. The van der Waals surface area contributed by atoms with Gasteiger partial charge in [-0.3, -0.25) is 0 Å². The number of carbonyl (C=O) groups excluding carboxylic acids is 2. The highest BCUT2D eigenvalue weighted by atomic mass is 16.5. The number of nitrogens with two attached hydrogens (primary N) is 1. The third-order valence-corrected chi connectivity index (χ3v) is 2.62. The SMILES string of the molecule is CCOC(=O)c1cccnc1-n1cc(N)c(C(=O)OC)n1. The van der Waals surface area contributed by atoms with E-state index in [0.717, 1.165) is 0 Å². The molecule has 0 bridgehead atoms. The Hall–Kier alpha value is -2.90. The zero-order valence-corrected chi connectivity index (χ0v) is 11.6. The van der Waals surface area contributed by atoms with Crippen molar-refractivity contribution in [1.29, 1.82) is 0 Å². The number of nitrogen functional groups attached to an aromatic ring is 1. The minimum atomic E-state index is -0.667. The molecule has 2 aromatic rings. The van der Waals surface area contributed by atoms with Crippen molar-refractivity contribution < 1.29 is 19.1 Å². The van der Waals surface area contributed by atoms with E-state index in [1.54, 1.807) is 19.1 Å². The molecule has 0 unspecified atom stereocenters. The van der Waals surface area contributed by atoms with Crippen molar-refractivity contribution in [1.82, 2.24) is 14.8 Å². The zero-order chi connectivity index (χ0) is 15.4. The number of carbonyl (C=O) groups is 2. The highest BCUT2D eigenvalue weighted by Crippen LogP contribution is 2.17. The van der Waals surface area contributed by atoms with Crippen molar-refractivity contribution >= 4 is 17.6 Å². The Morgan fingerprint density at radius 3 is 2.81 bits per heavy atom. The van der Waals surface area contributed by atoms with Gasteiger partial charge < -0.3 is 15.2 Å². The fraction of sp³-hybridized carbons (Fsp3) is 0.231. The molecule has 2 N–H and O–H groups in total. The molecule has 110 valence electrons. The summed E-state index contributed by atoms with van der Waals surface area (Å²) in [6.07, 6.45) is 2.88. The number of methoxy groups -OCH3 is 1. The van der Waals surface area contributed by atoms with E-state index in [1.807, 2.05) is 0 Å². The molecule has 8 heteroatoms. The fourth-order valence-corrected chi connectivity index (χ4v) is 1.70. The van der Waals surface area contributed by atoms with Gasteiger partial charge in [-0.2, -0.15) is 5.10 Å². The third kappa shape index (κ3) is 2.83. The lowest BCUT2D eigenvalue weighted by atomic mass is 10.2. The molecule has 2 aromatic heterocycles. The summed E-state index contributed by atoms with van der Waals surface area (Å²) in [5, 5.41) is 4.00. The van der Waals surface area contributed by atoms with Crippen LogP contribution in [0.3, 0.4) is 0 Å². The number of ether oxygens (including phenoxy) is 2. The van der Waals surface area contributed by atoms with Gasteiger partial charge in [-0.15, -0.1) is 0 Å². The van der Waals surface area contributed by atoms with Crippen LogP contribution in [0.1, 0.15) is 27.8 Å². The maximum Gasteiger partial charge on any atom is 0.360 e. The Morgan fingerprint density at radius 2 is 2.14 bits per heavy atom. The molecule has 0 fully saturated rings. The number of hydrogen-bond donors (Lipinski definition) is 1. The molecular formula is C13H14N4O4. The van der Waals surface area contributed by atoms with E-state index in [1.165, 1.54) is 24.2 Å². The summed E-state index contributed by atoms with van der Waals surface area (Å²) in [5.74, 6) is -0.980. The van der Waals surface area contributed by atoms with Gasteiger partial charge in [0, 0.05) is 6.20 Å². The van der Waals surface area contributed by atoms with Crippen LogP contribution >= 0.6 is 0 Å². The van der Waals surface area contributed by atoms with Crippen LogP contribution in [-0.2, 0) is 9.47 Å². The summed E-state index contributed by atoms with van der Waals surface area (Å²) < 4.78 is 10.8. The normalized spacial score (nSPS) is 10.2. The molecule has 0 aliphatic carbocycles. The first-order valence-corrected chi connectivity index (χ1v) is 6.14. The Bertz CT molecular complexity index is 681. The first kappa shape index (κ1) is 14.5. The van der Waals surface area contributed by atoms with Gasteiger partial charge in [0.15, 0.2) is 11.5 Å². The molecule has 0 aliphatic heterocycles.